The van der Waals surface area contributed by atoms with Crippen molar-refractivity contribution in [1.82, 2.24) is 0 Å². The molecule has 15 nitrogen and oxygen atoms in total. The van der Waals surface area contributed by atoms with Crippen LogP contribution in [-0.2, 0) is 33.4 Å². The third-order valence-corrected chi connectivity index (χ3v) is 6.75. The van der Waals surface area contributed by atoms with E-state index in [1.807, 2.05) is 12.1 Å². The van der Waals surface area contributed by atoms with Crippen molar-refractivity contribution >= 4 is 53.4 Å². The smallest absolute Gasteiger partial charge is 0.293 e. The van der Waals surface area contributed by atoms with Crippen LogP contribution in [0.1, 0.15) is 76.5 Å². The molecule has 15 heteroatoms. The molecular formula is C39H52N6O9. The number of benzene rings is 4. The maximum atomic E-state index is 10.8. The zero-order chi connectivity index (χ0) is 41.1. The lowest BCUT2D eigenvalue weighted by Crippen LogP contribution is -2.06. The van der Waals surface area contributed by atoms with E-state index in [1.165, 1.54) is 20.8 Å². The number of aliphatic hydroxyl groups is 1. The molecule has 0 aliphatic heterocycles. The van der Waals surface area contributed by atoms with Crippen LogP contribution in [0.5, 0.6) is 5.75 Å². The van der Waals surface area contributed by atoms with Crippen LogP contribution in [0.2, 0.25) is 0 Å². The molecule has 0 saturated heterocycles. The SMILES string of the molecule is CC(=O)Nc1ccc(C(C)O)cc1.CC(=O)Nc1ccc(C(C)OC=O)cc1.CC(OC=O)c1ccc(N)cc1.COc1ccc(NC(C)=O)cc1.NN. The Morgan fingerprint density at radius 2 is 0.870 bits per heavy atom. The number of aliphatic hydroxyl groups excluding tert-OH is 1. The van der Waals surface area contributed by atoms with Gasteiger partial charge in [-0.05, 0) is 98.1 Å². The summed E-state index contributed by atoms with van der Waals surface area (Å²) in [6, 6.07) is 28.7. The minimum absolute atomic E-state index is 0.0693. The van der Waals surface area contributed by atoms with Crippen molar-refractivity contribution in [2.24, 2.45) is 11.7 Å². The second-order valence-electron chi connectivity index (χ2n) is 11.1. The van der Waals surface area contributed by atoms with Gasteiger partial charge in [-0.15, -0.1) is 0 Å². The highest BCUT2D eigenvalue weighted by Crippen LogP contribution is 2.19. The lowest BCUT2D eigenvalue weighted by Gasteiger charge is -2.10. The van der Waals surface area contributed by atoms with Gasteiger partial charge in [0.15, 0.2) is 0 Å². The number of carbonyl (C=O) groups is 5. The number of nitrogens with two attached hydrogens (primary N) is 3. The van der Waals surface area contributed by atoms with Crippen LogP contribution >= 0.6 is 0 Å². The van der Waals surface area contributed by atoms with Gasteiger partial charge in [0.2, 0.25) is 17.7 Å². The molecule has 0 bridgehead atoms. The van der Waals surface area contributed by atoms with E-state index in [4.69, 9.17) is 19.9 Å². The van der Waals surface area contributed by atoms with E-state index in [0.29, 0.717) is 18.6 Å². The number of methoxy groups -OCH3 is 1. The Hall–Kier alpha value is -6.29. The summed E-state index contributed by atoms with van der Waals surface area (Å²) >= 11 is 0. The molecule has 10 N–H and O–H groups in total. The van der Waals surface area contributed by atoms with Gasteiger partial charge in [0.1, 0.15) is 18.0 Å². The highest BCUT2D eigenvalue weighted by molar-refractivity contribution is 5.89. The molecule has 0 radical (unpaired) electrons. The van der Waals surface area contributed by atoms with Crippen LogP contribution in [0.15, 0.2) is 97.1 Å². The molecule has 0 heterocycles. The van der Waals surface area contributed by atoms with E-state index in [9.17, 15) is 29.1 Å². The second kappa shape index (κ2) is 27.4. The first-order valence-corrected chi connectivity index (χ1v) is 16.4. The fourth-order valence-electron chi connectivity index (χ4n) is 4.06. The van der Waals surface area contributed by atoms with Crippen molar-refractivity contribution < 1.29 is 43.3 Å². The predicted molar refractivity (Wildman–Crippen MR) is 210 cm³/mol. The lowest BCUT2D eigenvalue weighted by atomic mass is 10.1. The monoisotopic (exact) mass is 748 g/mol. The van der Waals surface area contributed by atoms with E-state index in [-0.39, 0.29) is 29.9 Å². The molecule has 4 aromatic rings. The van der Waals surface area contributed by atoms with Gasteiger partial charge in [0.25, 0.3) is 12.9 Å². The molecule has 0 aromatic heterocycles. The van der Waals surface area contributed by atoms with Crippen molar-refractivity contribution in [1.29, 1.82) is 0 Å². The summed E-state index contributed by atoms with van der Waals surface area (Å²) in [5, 5.41) is 17.2. The zero-order valence-corrected chi connectivity index (χ0v) is 31.6. The quantitative estimate of drug-likeness (QED) is 0.0432. The Morgan fingerprint density at radius 1 is 0.574 bits per heavy atom. The molecule has 0 aliphatic rings. The molecule has 3 amide bonds. The van der Waals surface area contributed by atoms with E-state index in [1.54, 1.807) is 113 Å². The summed E-state index contributed by atoms with van der Waals surface area (Å²) in [5.74, 6) is 8.51. The van der Waals surface area contributed by atoms with E-state index in [0.717, 1.165) is 39.5 Å². The molecule has 292 valence electrons. The molecule has 0 saturated carbocycles. The van der Waals surface area contributed by atoms with Crippen molar-refractivity contribution in [3.8, 4) is 5.75 Å². The second-order valence-corrected chi connectivity index (χ2v) is 11.1. The lowest BCUT2D eigenvalue weighted by molar-refractivity contribution is -0.133. The van der Waals surface area contributed by atoms with E-state index < -0.39 is 6.10 Å². The van der Waals surface area contributed by atoms with Gasteiger partial charge in [0.05, 0.1) is 13.2 Å². The Morgan fingerprint density at radius 3 is 1.15 bits per heavy atom. The van der Waals surface area contributed by atoms with Crippen LogP contribution in [0, 0.1) is 0 Å². The van der Waals surface area contributed by atoms with Gasteiger partial charge in [-0.3, -0.25) is 35.7 Å². The molecule has 4 rings (SSSR count). The van der Waals surface area contributed by atoms with Gasteiger partial charge >= 0.3 is 0 Å². The third kappa shape index (κ3) is 21.2. The van der Waals surface area contributed by atoms with Crippen molar-refractivity contribution in [2.75, 3.05) is 28.8 Å². The Labute approximate surface area is 316 Å². The largest absolute Gasteiger partial charge is 0.497 e. The summed E-state index contributed by atoms with van der Waals surface area (Å²) in [7, 11) is 1.60. The maximum absolute atomic E-state index is 10.8. The Kier molecular flexibility index (Phi) is 24.2. The first kappa shape index (κ1) is 47.7. The van der Waals surface area contributed by atoms with Crippen LogP contribution in [0.25, 0.3) is 0 Å². The number of rotatable bonds is 11. The van der Waals surface area contributed by atoms with Crippen LogP contribution in [0.4, 0.5) is 22.7 Å². The van der Waals surface area contributed by atoms with Gasteiger partial charge in [0, 0.05) is 43.5 Å². The Balaban J connectivity index is 0.000000685. The molecule has 54 heavy (non-hydrogen) atoms. The number of nitrogens with one attached hydrogen (secondary N) is 3. The highest BCUT2D eigenvalue weighted by Gasteiger charge is 2.06. The molecule has 0 spiro atoms. The van der Waals surface area contributed by atoms with E-state index >= 15 is 0 Å². The van der Waals surface area contributed by atoms with Crippen molar-refractivity contribution in [2.45, 2.75) is 59.9 Å². The Bertz CT molecular complexity index is 1670. The molecular weight excluding hydrogens is 696 g/mol. The fourth-order valence-corrected chi connectivity index (χ4v) is 4.06. The average Bonchev–Trinajstić information content (AvgIpc) is 3.14. The number of hydrogen-bond acceptors (Lipinski definition) is 12. The number of ether oxygens (including phenoxy) is 3. The van der Waals surface area contributed by atoms with Crippen LogP contribution in [-0.4, -0.2) is 42.9 Å². The van der Waals surface area contributed by atoms with Crippen LogP contribution < -0.4 is 38.1 Å². The molecule has 0 fully saturated rings. The molecule has 3 atom stereocenters. The highest BCUT2D eigenvalue weighted by atomic mass is 16.5. The number of amides is 3. The van der Waals surface area contributed by atoms with E-state index in [2.05, 4.69) is 27.6 Å². The first-order chi connectivity index (χ1) is 25.7. The summed E-state index contributed by atoms with van der Waals surface area (Å²) < 4.78 is 14.5. The zero-order valence-electron chi connectivity index (χ0n) is 31.6. The minimum atomic E-state index is -0.466. The number of hydrazine groups is 1. The summed E-state index contributed by atoms with van der Waals surface area (Å²) in [4.78, 5) is 52.2. The fraction of sp³-hybridized carbons (Fsp3) is 0.256. The van der Waals surface area contributed by atoms with Gasteiger partial charge < -0.3 is 41.0 Å². The summed E-state index contributed by atoms with van der Waals surface area (Å²) in [6.07, 6.45) is -0.941. The van der Waals surface area contributed by atoms with Gasteiger partial charge in [-0.2, -0.15) is 0 Å². The molecule has 0 aliphatic carbocycles. The maximum Gasteiger partial charge on any atom is 0.293 e. The summed E-state index contributed by atoms with van der Waals surface area (Å²) in [6.45, 7) is 10.5. The third-order valence-electron chi connectivity index (χ3n) is 6.75. The molecule has 3 unspecified atom stereocenters. The standard InChI is InChI=1S/C11H13NO3.C10H13NO2.2C9H11NO2.H4N2/c1-8(15-7-13)10-3-5-11(6-4-10)12-9(2)14;1-7(12)9-3-5-10(6-4-9)11-8(2)13;1-7(11)10-8-3-5-9(12-2)6-4-8;1-7(12-6-11)8-2-4-9(10)5-3-8;1-2/h3-8H,1-2H3,(H,12,14);3-7,12H,1-2H3,(H,11,13);3-6H,1-2H3,(H,10,11);2-7H,10H2,1H3;1-2H2. The van der Waals surface area contributed by atoms with Gasteiger partial charge in [-0.1, -0.05) is 36.4 Å². The summed E-state index contributed by atoms with van der Waals surface area (Å²) in [5.41, 5.74) is 11.1. The topological polar surface area (TPSA) is 247 Å². The minimum Gasteiger partial charge on any atom is -0.497 e. The van der Waals surface area contributed by atoms with Crippen molar-refractivity contribution in [3.63, 3.8) is 0 Å². The van der Waals surface area contributed by atoms with Crippen molar-refractivity contribution in [3.05, 3.63) is 114 Å². The number of carbonyl (C=O) groups excluding carboxylic acids is 5. The number of anilines is 4. The predicted octanol–water partition coefficient (Wildman–Crippen LogP) is 5.55. The first-order valence-electron chi connectivity index (χ1n) is 16.4. The average molecular weight is 749 g/mol. The number of hydrogen-bond donors (Lipinski definition) is 7. The van der Waals surface area contributed by atoms with Crippen LogP contribution in [0.3, 0.4) is 0 Å². The molecule has 4 aromatic carbocycles. The normalized spacial score (nSPS) is 11.0. The van der Waals surface area contributed by atoms with Gasteiger partial charge in [-0.25, -0.2) is 0 Å². The number of nitrogen functional groups attached to an aromatic ring is 1.